The van der Waals surface area contributed by atoms with Crippen LogP contribution in [0.4, 0.5) is 0 Å². The highest BCUT2D eigenvalue weighted by Gasteiger charge is 2.16. The minimum atomic E-state index is -1.21. The molecule has 0 saturated carbocycles. The molecule has 0 aliphatic heterocycles. The smallest absolute Gasteiger partial charge is 0.273 e. The molecule has 0 bridgehead atoms. The fraction of sp³-hybridized carbons (Fsp3) is 0.222. The van der Waals surface area contributed by atoms with Crippen LogP contribution in [0.15, 0.2) is 53.6 Å². The third kappa shape index (κ3) is 3.23. The fourth-order valence-electron chi connectivity index (χ4n) is 2.69. The molecule has 1 amide bonds. The summed E-state index contributed by atoms with van der Waals surface area (Å²) in [5.74, 6) is -0.538. The van der Waals surface area contributed by atoms with Gasteiger partial charge in [0.2, 0.25) is 0 Å². The third-order valence-corrected chi connectivity index (χ3v) is 3.87. The Morgan fingerprint density at radius 2 is 1.91 bits per heavy atom. The first-order valence-electron chi connectivity index (χ1n) is 7.42. The van der Waals surface area contributed by atoms with Crippen LogP contribution in [-0.4, -0.2) is 17.2 Å². The monoisotopic (exact) mass is 294 g/mol. The van der Waals surface area contributed by atoms with Crippen molar-refractivity contribution in [2.24, 2.45) is 5.10 Å². The second kappa shape index (κ2) is 6.54. The third-order valence-electron chi connectivity index (χ3n) is 3.87. The predicted octanol–water partition coefficient (Wildman–Crippen LogP) is 2.36. The van der Waals surface area contributed by atoms with E-state index >= 15 is 0 Å². The zero-order valence-corrected chi connectivity index (χ0v) is 12.2. The molecule has 1 aliphatic rings. The molecular weight excluding hydrogens is 276 g/mol. The number of hydrogen-bond acceptors (Lipinski definition) is 3. The summed E-state index contributed by atoms with van der Waals surface area (Å²) in [6.45, 7) is 0. The number of carbonyl (C=O) groups excluding carboxylic acids is 1. The Bertz CT molecular complexity index is 695. The molecule has 112 valence electrons. The van der Waals surface area contributed by atoms with Crippen molar-refractivity contribution < 1.29 is 9.90 Å². The Kier molecular flexibility index (Phi) is 4.30. The van der Waals surface area contributed by atoms with Crippen LogP contribution >= 0.6 is 0 Å². The highest BCUT2D eigenvalue weighted by Crippen LogP contribution is 2.22. The van der Waals surface area contributed by atoms with E-state index in [0.29, 0.717) is 5.56 Å². The lowest BCUT2D eigenvalue weighted by Crippen LogP contribution is -2.25. The molecule has 4 heteroatoms. The first-order chi connectivity index (χ1) is 10.7. The maximum atomic E-state index is 11.8. The van der Waals surface area contributed by atoms with E-state index in [4.69, 9.17) is 0 Å². The molecule has 2 aromatic carbocycles. The molecular formula is C18H18N2O2. The molecule has 0 radical (unpaired) electrons. The molecule has 4 nitrogen and oxygen atoms in total. The normalized spacial score (nSPS) is 14.8. The molecule has 0 heterocycles. The summed E-state index contributed by atoms with van der Waals surface area (Å²) in [5, 5.41) is 13.9. The summed E-state index contributed by atoms with van der Waals surface area (Å²) in [6, 6.07) is 15.0. The topological polar surface area (TPSA) is 61.7 Å². The quantitative estimate of drug-likeness (QED) is 0.671. The van der Waals surface area contributed by atoms with Crippen molar-refractivity contribution in [1.29, 1.82) is 0 Å². The molecule has 0 fully saturated rings. The van der Waals surface area contributed by atoms with Crippen LogP contribution in [0.1, 0.15) is 34.8 Å². The van der Waals surface area contributed by atoms with Gasteiger partial charge in [0.1, 0.15) is 0 Å². The van der Waals surface area contributed by atoms with Gasteiger partial charge in [-0.05, 0) is 47.6 Å². The van der Waals surface area contributed by atoms with Gasteiger partial charge in [-0.2, -0.15) is 5.10 Å². The van der Waals surface area contributed by atoms with Crippen molar-refractivity contribution in [1.82, 2.24) is 5.43 Å². The Hall–Kier alpha value is -2.46. The number of hydrazone groups is 1. The standard InChI is InChI=1S/C18H18N2O2/c21-17(15-5-2-1-3-6-15)18(22)20-19-12-13-9-10-14-7-4-8-16(14)11-13/h1-3,5-6,9-12,17,21H,4,7-8H2,(H,20,22)/b19-12-/t17-/m0/s1. The van der Waals surface area contributed by atoms with Gasteiger partial charge < -0.3 is 5.11 Å². The van der Waals surface area contributed by atoms with Crippen molar-refractivity contribution in [2.75, 3.05) is 0 Å². The number of nitrogens with one attached hydrogen (secondary N) is 1. The predicted molar refractivity (Wildman–Crippen MR) is 85.6 cm³/mol. The van der Waals surface area contributed by atoms with Gasteiger partial charge in [0.15, 0.2) is 6.10 Å². The van der Waals surface area contributed by atoms with E-state index in [1.165, 1.54) is 17.5 Å². The summed E-state index contributed by atoms with van der Waals surface area (Å²) < 4.78 is 0. The fourth-order valence-corrected chi connectivity index (χ4v) is 2.69. The summed E-state index contributed by atoms with van der Waals surface area (Å²) in [6.07, 6.45) is 3.85. The number of carbonyl (C=O) groups is 1. The van der Waals surface area contributed by atoms with Gasteiger partial charge in [0.25, 0.3) is 5.91 Å². The van der Waals surface area contributed by atoms with E-state index in [2.05, 4.69) is 22.7 Å². The second-order valence-corrected chi connectivity index (χ2v) is 5.43. The Balaban J connectivity index is 1.61. The molecule has 1 aliphatic carbocycles. The maximum absolute atomic E-state index is 11.8. The van der Waals surface area contributed by atoms with Gasteiger partial charge in [0, 0.05) is 0 Å². The van der Waals surface area contributed by atoms with Crippen molar-refractivity contribution in [3.05, 3.63) is 70.8 Å². The molecule has 22 heavy (non-hydrogen) atoms. The van der Waals surface area contributed by atoms with Gasteiger partial charge in [-0.25, -0.2) is 5.43 Å². The van der Waals surface area contributed by atoms with Crippen LogP contribution in [0.2, 0.25) is 0 Å². The largest absolute Gasteiger partial charge is 0.378 e. The number of aliphatic hydroxyl groups excluding tert-OH is 1. The Labute approximate surface area is 129 Å². The molecule has 0 unspecified atom stereocenters. The molecule has 2 aromatic rings. The maximum Gasteiger partial charge on any atom is 0.273 e. The van der Waals surface area contributed by atoms with Crippen LogP contribution in [0.3, 0.4) is 0 Å². The number of rotatable bonds is 4. The van der Waals surface area contributed by atoms with Gasteiger partial charge >= 0.3 is 0 Å². The van der Waals surface area contributed by atoms with E-state index < -0.39 is 12.0 Å². The van der Waals surface area contributed by atoms with Crippen LogP contribution in [0.5, 0.6) is 0 Å². The van der Waals surface area contributed by atoms with Gasteiger partial charge in [-0.1, -0.05) is 42.5 Å². The van der Waals surface area contributed by atoms with Crippen LogP contribution in [-0.2, 0) is 17.6 Å². The number of nitrogens with zero attached hydrogens (tertiary/aromatic N) is 1. The highest BCUT2D eigenvalue weighted by molar-refractivity contribution is 5.85. The summed E-state index contributed by atoms with van der Waals surface area (Å²) in [5.41, 5.74) is 6.64. The van der Waals surface area contributed by atoms with Gasteiger partial charge in [0.05, 0.1) is 6.21 Å². The minimum Gasteiger partial charge on any atom is -0.378 e. The molecule has 3 rings (SSSR count). The number of amides is 1. The van der Waals surface area contributed by atoms with E-state index in [-0.39, 0.29) is 0 Å². The Morgan fingerprint density at radius 3 is 2.73 bits per heavy atom. The lowest BCUT2D eigenvalue weighted by Gasteiger charge is -2.08. The van der Waals surface area contributed by atoms with E-state index in [1.54, 1.807) is 30.5 Å². The van der Waals surface area contributed by atoms with E-state index in [0.717, 1.165) is 18.4 Å². The number of hydrogen-bond donors (Lipinski definition) is 2. The lowest BCUT2D eigenvalue weighted by atomic mass is 10.1. The summed E-state index contributed by atoms with van der Waals surface area (Å²) >= 11 is 0. The number of fused-ring (bicyclic) bond motifs is 1. The van der Waals surface area contributed by atoms with Crippen LogP contribution < -0.4 is 5.43 Å². The molecule has 0 spiro atoms. The SMILES string of the molecule is O=C(N/N=C\c1ccc2c(c1)CCC2)[C@@H](O)c1ccccc1. The first-order valence-corrected chi connectivity index (χ1v) is 7.42. The highest BCUT2D eigenvalue weighted by atomic mass is 16.3. The number of aliphatic hydroxyl groups is 1. The molecule has 1 atom stereocenters. The minimum absolute atomic E-state index is 0.538. The van der Waals surface area contributed by atoms with Crippen molar-refractivity contribution in [2.45, 2.75) is 25.4 Å². The van der Waals surface area contributed by atoms with E-state index in [9.17, 15) is 9.90 Å². The van der Waals surface area contributed by atoms with Crippen molar-refractivity contribution >= 4 is 12.1 Å². The second-order valence-electron chi connectivity index (χ2n) is 5.43. The molecule has 2 N–H and O–H groups in total. The lowest BCUT2D eigenvalue weighted by molar-refractivity contribution is -0.129. The number of benzene rings is 2. The van der Waals surface area contributed by atoms with Crippen LogP contribution in [0.25, 0.3) is 0 Å². The van der Waals surface area contributed by atoms with Gasteiger partial charge in [-0.15, -0.1) is 0 Å². The van der Waals surface area contributed by atoms with E-state index in [1.807, 2.05) is 12.1 Å². The number of aryl methyl sites for hydroxylation is 2. The summed E-state index contributed by atoms with van der Waals surface area (Å²) in [7, 11) is 0. The van der Waals surface area contributed by atoms with Gasteiger partial charge in [-0.3, -0.25) is 4.79 Å². The molecule has 0 saturated heterocycles. The van der Waals surface area contributed by atoms with Crippen molar-refractivity contribution in [3.8, 4) is 0 Å². The Morgan fingerprint density at radius 1 is 1.14 bits per heavy atom. The van der Waals surface area contributed by atoms with Crippen LogP contribution in [0, 0.1) is 0 Å². The average Bonchev–Trinajstić information content (AvgIpc) is 3.02. The average molecular weight is 294 g/mol. The molecule has 0 aromatic heterocycles. The van der Waals surface area contributed by atoms with Crippen molar-refractivity contribution in [3.63, 3.8) is 0 Å². The first kappa shape index (κ1) is 14.5. The zero-order valence-electron chi connectivity index (χ0n) is 12.2. The zero-order chi connectivity index (χ0) is 15.4. The summed E-state index contributed by atoms with van der Waals surface area (Å²) in [4.78, 5) is 11.8.